The van der Waals surface area contributed by atoms with E-state index in [2.05, 4.69) is 145 Å². The van der Waals surface area contributed by atoms with Crippen molar-refractivity contribution in [1.29, 1.82) is 0 Å². The van der Waals surface area contributed by atoms with Gasteiger partial charge in [-0.2, -0.15) is 0 Å². The molecule has 0 aliphatic carbocycles. The van der Waals surface area contributed by atoms with Crippen LogP contribution in [0, 0.1) is 0 Å². The van der Waals surface area contributed by atoms with Crippen molar-refractivity contribution in [3.8, 4) is 0 Å². The van der Waals surface area contributed by atoms with E-state index in [1.54, 1.807) is 0 Å². The summed E-state index contributed by atoms with van der Waals surface area (Å²) < 4.78 is 14.5. The molecule has 0 spiro atoms. The number of nitrogens with zero attached hydrogens (tertiary/aromatic N) is 8. The molecule has 0 radical (unpaired) electrons. The van der Waals surface area contributed by atoms with Crippen LogP contribution in [0.25, 0.3) is 0 Å². The molecule has 0 bridgehead atoms. The zero-order valence-corrected chi connectivity index (χ0v) is 24.5. The summed E-state index contributed by atoms with van der Waals surface area (Å²) in [5.74, 6) is 0. The number of benzene rings is 2. The fourth-order valence-corrected chi connectivity index (χ4v) is 34.7. The van der Waals surface area contributed by atoms with Crippen LogP contribution in [-0.2, 0) is 0 Å². The summed E-state index contributed by atoms with van der Waals surface area (Å²) in [4.78, 5) is 0. The van der Waals surface area contributed by atoms with Crippen LogP contribution in [0.15, 0.2) is 70.9 Å². The second kappa shape index (κ2) is 7.64. The zero-order chi connectivity index (χ0) is 24.6. The molecule has 0 unspecified atom stereocenters. The molecule has 34 heavy (non-hydrogen) atoms. The summed E-state index contributed by atoms with van der Waals surface area (Å²) in [5.41, 5.74) is 2.28. The number of fused-ring (bicyclic) bond motifs is 4. The van der Waals surface area contributed by atoms with Crippen LogP contribution in [0.4, 0.5) is 0 Å². The van der Waals surface area contributed by atoms with E-state index in [9.17, 15) is 0 Å². The third-order valence-electron chi connectivity index (χ3n) is 6.95. The van der Waals surface area contributed by atoms with Crippen LogP contribution in [0.3, 0.4) is 0 Å². The molecule has 0 N–H and O–H groups in total. The van der Waals surface area contributed by atoms with Crippen molar-refractivity contribution < 1.29 is 0 Å². The SMILES string of the molecule is CN(C)P12(N(C)C)SC(c3ccccc3)=NN1P1(N(C)C)(N(C)C)SC(c3ccccc3)=NN21. The van der Waals surface area contributed by atoms with Crippen LogP contribution in [0.1, 0.15) is 11.1 Å². The van der Waals surface area contributed by atoms with Gasteiger partial charge in [0, 0.05) is 0 Å². The normalized spacial score (nSPS) is 25.6. The summed E-state index contributed by atoms with van der Waals surface area (Å²) in [7, 11) is 17.4. The van der Waals surface area contributed by atoms with Crippen molar-refractivity contribution in [3.05, 3.63) is 71.8 Å². The average Bonchev–Trinajstić information content (AvgIpc) is 3.34. The molecule has 3 aliphatic rings. The van der Waals surface area contributed by atoms with Crippen molar-refractivity contribution in [1.82, 2.24) is 27.8 Å². The van der Waals surface area contributed by atoms with E-state index in [1.807, 2.05) is 22.8 Å². The average molecular weight is 537 g/mol. The topological polar surface area (TPSA) is 44.2 Å². The van der Waals surface area contributed by atoms with E-state index in [0.717, 1.165) is 21.2 Å². The molecule has 5 rings (SSSR count). The predicted molar refractivity (Wildman–Crippen MR) is 153 cm³/mol. The first-order valence-electron chi connectivity index (χ1n) is 11.1. The van der Waals surface area contributed by atoms with Gasteiger partial charge in [-0.05, 0) is 0 Å². The first-order chi connectivity index (χ1) is 16.1. The summed E-state index contributed by atoms with van der Waals surface area (Å²) in [5, 5.41) is 13.1. The van der Waals surface area contributed by atoms with Gasteiger partial charge in [-0.15, -0.1) is 0 Å². The Morgan fingerprint density at radius 1 is 0.529 bits per heavy atom. The van der Waals surface area contributed by atoms with E-state index < -0.39 is 12.8 Å². The second-order valence-corrected chi connectivity index (χ2v) is 24.3. The first kappa shape index (κ1) is 24.5. The number of hydrogen-bond donors (Lipinski definition) is 0. The molecule has 184 valence electrons. The van der Waals surface area contributed by atoms with Crippen molar-refractivity contribution in [2.75, 3.05) is 56.4 Å². The molecule has 0 aromatic heterocycles. The molecule has 8 nitrogen and oxygen atoms in total. The van der Waals surface area contributed by atoms with Gasteiger partial charge in [0.1, 0.15) is 0 Å². The van der Waals surface area contributed by atoms with Crippen LogP contribution in [0.5, 0.6) is 0 Å². The Morgan fingerprint density at radius 2 is 0.824 bits per heavy atom. The first-order valence-corrected chi connectivity index (χ1v) is 18.1. The number of rotatable bonds is 6. The van der Waals surface area contributed by atoms with Gasteiger partial charge in [0.25, 0.3) is 0 Å². The minimum absolute atomic E-state index is 1.04. The van der Waals surface area contributed by atoms with E-state index >= 15 is 0 Å². The molecular formula is C22H34N8P2S2. The van der Waals surface area contributed by atoms with Crippen molar-refractivity contribution in [2.45, 2.75) is 0 Å². The summed E-state index contributed by atoms with van der Waals surface area (Å²) in [6, 6.07) is 21.1. The number of hydrazone groups is 2. The summed E-state index contributed by atoms with van der Waals surface area (Å²) >= 11 is 3.75. The molecule has 0 atom stereocenters. The van der Waals surface area contributed by atoms with Crippen LogP contribution >= 0.6 is 35.6 Å². The Balaban J connectivity index is 1.83. The molecule has 3 heterocycles. The maximum absolute atomic E-state index is 5.50. The molecule has 3 aliphatic heterocycles. The Hall–Kier alpha value is -1.22. The van der Waals surface area contributed by atoms with E-state index in [4.69, 9.17) is 10.2 Å². The predicted octanol–water partition coefficient (Wildman–Crippen LogP) is 5.32. The van der Waals surface area contributed by atoms with E-state index in [-0.39, 0.29) is 0 Å². The fraction of sp³-hybridized carbons (Fsp3) is 0.364. The Labute approximate surface area is 211 Å². The van der Waals surface area contributed by atoms with Crippen LogP contribution < -0.4 is 0 Å². The molecule has 1 saturated heterocycles. The van der Waals surface area contributed by atoms with Gasteiger partial charge in [-0.3, -0.25) is 0 Å². The molecule has 2 aromatic carbocycles. The zero-order valence-electron chi connectivity index (χ0n) is 21.1. The van der Waals surface area contributed by atoms with E-state index in [0.29, 0.717) is 0 Å². The molecule has 0 amide bonds. The summed E-state index contributed by atoms with van der Waals surface area (Å²) in [6.07, 6.45) is -6.48. The Morgan fingerprint density at radius 3 is 1.09 bits per heavy atom. The van der Waals surface area contributed by atoms with Gasteiger partial charge >= 0.3 is 212 Å². The Kier molecular flexibility index (Phi) is 5.50. The third-order valence-corrected chi connectivity index (χ3v) is 31.2. The third kappa shape index (κ3) is 2.39. The Bertz CT molecular complexity index is 1060. The van der Waals surface area contributed by atoms with Gasteiger partial charge in [0.2, 0.25) is 0 Å². The van der Waals surface area contributed by atoms with Crippen LogP contribution in [-0.4, -0.2) is 94.3 Å². The minimum atomic E-state index is -3.24. The van der Waals surface area contributed by atoms with Gasteiger partial charge in [-0.1, -0.05) is 0 Å². The second-order valence-electron chi connectivity index (χ2n) is 9.38. The fourth-order valence-electron chi connectivity index (χ4n) is 5.33. The van der Waals surface area contributed by atoms with Crippen molar-refractivity contribution in [2.24, 2.45) is 10.2 Å². The summed E-state index contributed by atoms with van der Waals surface area (Å²) in [6.45, 7) is 0. The molecule has 2 aromatic rings. The van der Waals surface area contributed by atoms with Gasteiger partial charge < -0.3 is 0 Å². The van der Waals surface area contributed by atoms with Gasteiger partial charge in [-0.25, -0.2) is 0 Å². The quantitative estimate of drug-likeness (QED) is 0.460. The van der Waals surface area contributed by atoms with Crippen LogP contribution in [0.2, 0.25) is 0 Å². The molecule has 1 fully saturated rings. The molecule has 0 saturated carbocycles. The van der Waals surface area contributed by atoms with Gasteiger partial charge in [0.05, 0.1) is 0 Å². The van der Waals surface area contributed by atoms with Gasteiger partial charge in [0.15, 0.2) is 0 Å². The molecular weight excluding hydrogens is 502 g/mol. The van der Waals surface area contributed by atoms with Crippen molar-refractivity contribution in [3.63, 3.8) is 0 Å². The maximum atomic E-state index is 5.50. The molecule has 12 heteroatoms. The van der Waals surface area contributed by atoms with E-state index in [1.165, 1.54) is 0 Å². The van der Waals surface area contributed by atoms with Crippen molar-refractivity contribution >= 4 is 45.7 Å². The monoisotopic (exact) mass is 536 g/mol. The number of hydrogen-bond acceptors (Lipinski definition) is 10. The standard InChI is InChI=1S/C22H34N8P2S2/c1-25(2)31(26(3)4)29(23-21(33-31)19-15-11-9-12-16-19)32(27(5)6,28(7)8)30(31)24-22(34-32)20-17-13-10-14-18-20/h9-18H,1-8H3.